The van der Waals surface area contributed by atoms with Crippen molar-refractivity contribution < 1.29 is 9.84 Å². The molecule has 0 radical (unpaired) electrons. The van der Waals surface area contributed by atoms with Gasteiger partial charge in [-0.1, -0.05) is 72.8 Å². The summed E-state index contributed by atoms with van der Waals surface area (Å²) in [6.07, 6.45) is 1.65. The Morgan fingerprint density at radius 2 is 1.42 bits per heavy atom. The first kappa shape index (κ1) is 25.0. The van der Waals surface area contributed by atoms with Crippen LogP contribution in [0.2, 0.25) is 0 Å². The molecule has 0 spiro atoms. The van der Waals surface area contributed by atoms with Crippen molar-refractivity contribution >= 4 is 0 Å². The van der Waals surface area contributed by atoms with Crippen molar-refractivity contribution in [3.63, 3.8) is 0 Å². The van der Waals surface area contributed by atoms with E-state index in [1.54, 1.807) is 0 Å². The molecule has 3 aromatic rings. The molecule has 0 heterocycles. The van der Waals surface area contributed by atoms with E-state index in [0.29, 0.717) is 25.1 Å². The second-order valence-corrected chi connectivity index (χ2v) is 9.30. The van der Waals surface area contributed by atoms with Crippen molar-refractivity contribution in [1.82, 2.24) is 4.90 Å². The third-order valence-electron chi connectivity index (χ3n) is 6.29. The van der Waals surface area contributed by atoms with E-state index in [4.69, 9.17) is 4.74 Å². The second kappa shape index (κ2) is 12.6. The van der Waals surface area contributed by atoms with Gasteiger partial charge in [0.1, 0.15) is 12.4 Å². The summed E-state index contributed by atoms with van der Waals surface area (Å²) in [5.74, 6) is 1.14. The lowest BCUT2D eigenvalue weighted by molar-refractivity contribution is 0.170. The van der Waals surface area contributed by atoms with Gasteiger partial charge >= 0.3 is 0 Å². The molecule has 0 aromatic heterocycles. The van der Waals surface area contributed by atoms with Crippen molar-refractivity contribution in [2.75, 3.05) is 13.2 Å². The van der Waals surface area contributed by atoms with Gasteiger partial charge in [-0.15, -0.1) is 0 Å². The van der Waals surface area contributed by atoms with E-state index in [1.807, 2.05) is 18.2 Å². The molecule has 3 heteroatoms. The summed E-state index contributed by atoms with van der Waals surface area (Å²) in [6.45, 7) is 10.8. The summed E-state index contributed by atoms with van der Waals surface area (Å²) in [7, 11) is 0. The molecule has 33 heavy (non-hydrogen) atoms. The lowest BCUT2D eigenvalue weighted by atomic mass is 9.86. The number of hydrogen-bond acceptors (Lipinski definition) is 3. The predicted molar refractivity (Wildman–Crippen MR) is 138 cm³/mol. The van der Waals surface area contributed by atoms with Gasteiger partial charge in [0.15, 0.2) is 0 Å². The Balaban J connectivity index is 1.96. The van der Waals surface area contributed by atoms with Crippen molar-refractivity contribution in [1.29, 1.82) is 0 Å². The molecule has 0 saturated carbocycles. The first-order valence-corrected chi connectivity index (χ1v) is 12.2. The van der Waals surface area contributed by atoms with Crippen LogP contribution in [0.15, 0.2) is 78.9 Å². The van der Waals surface area contributed by atoms with Gasteiger partial charge in [0.05, 0.1) is 0 Å². The minimum atomic E-state index is 0.147. The Hall–Kier alpha value is -2.62. The first-order chi connectivity index (χ1) is 16.0. The summed E-state index contributed by atoms with van der Waals surface area (Å²) in [4.78, 5) is 2.55. The zero-order valence-corrected chi connectivity index (χ0v) is 20.6. The number of aliphatic hydroxyl groups is 1. The Kier molecular flexibility index (Phi) is 9.53. The molecule has 0 fully saturated rings. The average Bonchev–Trinajstić information content (AvgIpc) is 2.82. The van der Waals surface area contributed by atoms with Crippen LogP contribution in [0.3, 0.4) is 0 Å². The third-order valence-corrected chi connectivity index (χ3v) is 6.29. The summed E-state index contributed by atoms with van der Waals surface area (Å²) < 4.78 is 6.38. The van der Waals surface area contributed by atoms with Crippen molar-refractivity contribution in [3.05, 3.63) is 101 Å². The predicted octanol–water partition coefficient (Wildman–Crippen LogP) is 6.44. The molecular weight excluding hydrogens is 406 g/mol. The number of ether oxygens (including phenoxy) is 1. The second-order valence-electron chi connectivity index (χ2n) is 9.30. The smallest absolute Gasteiger partial charge is 0.123 e. The Bertz CT molecular complexity index is 946. The number of nitrogens with zero attached hydrogens (tertiary/aromatic N) is 1. The normalized spacial score (nSPS) is 12.5. The molecule has 0 bridgehead atoms. The van der Waals surface area contributed by atoms with Crippen LogP contribution in [0.1, 0.15) is 62.3 Å². The fourth-order valence-corrected chi connectivity index (χ4v) is 4.60. The van der Waals surface area contributed by atoms with Gasteiger partial charge in [0, 0.05) is 30.2 Å². The van der Waals surface area contributed by atoms with Crippen LogP contribution in [0, 0.1) is 0 Å². The molecule has 0 amide bonds. The molecule has 0 aliphatic rings. The lowest BCUT2D eigenvalue weighted by Crippen LogP contribution is -2.38. The minimum Gasteiger partial charge on any atom is -0.489 e. The van der Waals surface area contributed by atoms with Gasteiger partial charge in [-0.25, -0.2) is 0 Å². The quantitative estimate of drug-likeness (QED) is 0.348. The van der Waals surface area contributed by atoms with E-state index in [-0.39, 0.29) is 12.5 Å². The molecule has 0 unspecified atom stereocenters. The maximum Gasteiger partial charge on any atom is 0.123 e. The van der Waals surface area contributed by atoms with Gasteiger partial charge < -0.3 is 9.84 Å². The molecule has 1 atom stereocenters. The van der Waals surface area contributed by atoms with Gasteiger partial charge in [-0.3, -0.25) is 4.90 Å². The Morgan fingerprint density at radius 3 is 2.03 bits per heavy atom. The molecule has 0 aliphatic heterocycles. The summed E-state index contributed by atoms with van der Waals surface area (Å²) in [5, 5.41) is 9.55. The highest BCUT2D eigenvalue weighted by atomic mass is 16.5. The Labute approximate surface area is 200 Å². The summed E-state index contributed by atoms with van der Waals surface area (Å²) in [6, 6.07) is 28.5. The lowest BCUT2D eigenvalue weighted by Gasteiger charge is -2.32. The van der Waals surface area contributed by atoms with E-state index in [2.05, 4.69) is 93.3 Å². The van der Waals surface area contributed by atoms with Crippen LogP contribution in [0.25, 0.3) is 0 Å². The van der Waals surface area contributed by atoms with Gasteiger partial charge in [0.2, 0.25) is 0 Å². The third kappa shape index (κ3) is 7.18. The molecule has 0 aliphatic carbocycles. The van der Waals surface area contributed by atoms with Gasteiger partial charge in [0.25, 0.3) is 0 Å². The summed E-state index contributed by atoms with van der Waals surface area (Å²) in [5.41, 5.74) is 4.81. The zero-order chi connectivity index (χ0) is 23.6. The van der Waals surface area contributed by atoms with E-state index in [0.717, 1.165) is 29.8 Å². The SMILES string of the molecule is CC(C)N(CC[C@@H](c1ccccc1)c1cc(CCO)ccc1OCc1ccccc1)C(C)C. The molecule has 3 rings (SSSR count). The van der Waals surface area contributed by atoms with Crippen LogP contribution in [0.4, 0.5) is 0 Å². The average molecular weight is 446 g/mol. The van der Waals surface area contributed by atoms with Crippen LogP contribution < -0.4 is 4.74 Å². The van der Waals surface area contributed by atoms with Crippen molar-refractivity contribution in [3.8, 4) is 5.75 Å². The molecule has 3 aromatic carbocycles. The molecule has 176 valence electrons. The molecule has 3 nitrogen and oxygen atoms in total. The summed E-state index contributed by atoms with van der Waals surface area (Å²) >= 11 is 0. The first-order valence-electron chi connectivity index (χ1n) is 12.2. The fraction of sp³-hybridized carbons (Fsp3) is 0.400. The number of hydrogen-bond donors (Lipinski definition) is 1. The molecular formula is C30H39NO2. The van der Waals surface area contributed by atoms with E-state index in [1.165, 1.54) is 11.1 Å². The number of rotatable bonds is 12. The fourth-order valence-electron chi connectivity index (χ4n) is 4.60. The van der Waals surface area contributed by atoms with Crippen molar-refractivity contribution in [2.45, 2.75) is 65.1 Å². The van der Waals surface area contributed by atoms with Gasteiger partial charge in [-0.2, -0.15) is 0 Å². The Morgan fingerprint density at radius 1 is 0.788 bits per heavy atom. The maximum atomic E-state index is 9.55. The largest absolute Gasteiger partial charge is 0.489 e. The van der Waals surface area contributed by atoms with Crippen LogP contribution in [-0.4, -0.2) is 35.2 Å². The number of benzene rings is 3. The van der Waals surface area contributed by atoms with E-state index >= 15 is 0 Å². The van der Waals surface area contributed by atoms with Crippen molar-refractivity contribution in [2.24, 2.45) is 0 Å². The highest BCUT2D eigenvalue weighted by Crippen LogP contribution is 2.36. The van der Waals surface area contributed by atoms with Crippen LogP contribution >= 0.6 is 0 Å². The van der Waals surface area contributed by atoms with E-state index in [9.17, 15) is 5.11 Å². The monoisotopic (exact) mass is 445 g/mol. The molecule has 1 N–H and O–H groups in total. The number of aliphatic hydroxyl groups excluding tert-OH is 1. The standard InChI is InChI=1S/C30H39NO2/c1-23(2)31(24(3)4)19-17-28(27-13-9-6-10-14-27)29-21-25(18-20-32)15-16-30(29)33-22-26-11-7-5-8-12-26/h5-16,21,23-24,28,32H,17-20,22H2,1-4H3/t28-/m0/s1. The topological polar surface area (TPSA) is 32.7 Å². The zero-order valence-electron chi connectivity index (χ0n) is 20.6. The highest BCUT2D eigenvalue weighted by Gasteiger charge is 2.22. The van der Waals surface area contributed by atoms with Gasteiger partial charge in [-0.05, 0) is 69.8 Å². The van der Waals surface area contributed by atoms with Crippen LogP contribution in [0.5, 0.6) is 5.75 Å². The highest BCUT2D eigenvalue weighted by molar-refractivity contribution is 5.45. The van der Waals surface area contributed by atoms with E-state index < -0.39 is 0 Å². The van der Waals surface area contributed by atoms with Crippen LogP contribution in [-0.2, 0) is 13.0 Å². The maximum absolute atomic E-state index is 9.55. The minimum absolute atomic E-state index is 0.147. The molecule has 0 saturated heterocycles.